The van der Waals surface area contributed by atoms with Gasteiger partial charge in [0.25, 0.3) is 0 Å². The van der Waals surface area contributed by atoms with E-state index in [9.17, 15) is 9.90 Å². The van der Waals surface area contributed by atoms with E-state index in [2.05, 4.69) is 46.5 Å². The topological polar surface area (TPSA) is 99.6 Å². The van der Waals surface area contributed by atoms with E-state index < -0.39 is 11.9 Å². The fourth-order valence-corrected chi connectivity index (χ4v) is 3.92. The second kappa shape index (κ2) is 7.89. The number of nitrogens with zero attached hydrogens (tertiary/aromatic N) is 2. The quantitative estimate of drug-likeness (QED) is 0.813. The van der Waals surface area contributed by atoms with Crippen molar-refractivity contribution in [2.24, 2.45) is 16.7 Å². The molecular formula is C20H35N3O4. The molecule has 0 aromatic carbocycles. The van der Waals surface area contributed by atoms with Crippen molar-refractivity contribution in [1.29, 1.82) is 0 Å². The molecule has 1 aromatic rings. The average molecular weight is 382 g/mol. The Morgan fingerprint density at radius 2 is 1.93 bits per heavy atom. The molecule has 0 spiro atoms. The van der Waals surface area contributed by atoms with Crippen LogP contribution in [0.3, 0.4) is 0 Å². The summed E-state index contributed by atoms with van der Waals surface area (Å²) in [6, 6.07) is 0. The van der Waals surface area contributed by atoms with Crippen molar-refractivity contribution in [3.63, 3.8) is 0 Å². The molecule has 4 atom stereocenters. The SMILES string of the molecule is Cc1cn([C@@H]2O[C@H](CC(C)(C)C)[C@H](C(C)(C)C)C2OCCO)c(=O)nc1N. The van der Waals surface area contributed by atoms with E-state index in [4.69, 9.17) is 15.2 Å². The van der Waals surface area contributed by atoms with Crippen molar-refractivity contribution in [2.75, 3.05) is 18.9 Å². The lowest BCUT2D eigenvalue weighted by Gasteiger charge is -2.36. The van der Waals surface area contributed by atoms with E-state index in [-0.39, 0.29) is 48.0 Å². The van der Waals surface area contributed by atoms with Crippen LogP contribution in [0, 0.1) is 23.7 Å². The monoisotopic (exact) mass is 381 g/mol. The number of rotatable bonds is 5. The molecule has 2 rings (SSSR count). The Bertz CT molecular complexity index is 703. The summed E-state index contributed by atoms with van der Waals surface area (Å²) >= 11 is 0. The number of hydrogen-bond acceptors (Lipinski definition) is 6. The summed E-state index contributed by atoms with van der Waals surface area (Å²) in [5, 5.41) is 9.30. The van der Waals surface area contributed by atoms with Crippen LogP contribution < -0.4 is 11.4 Å². The molecule has 27 heavy (non-hydrogen) atoms. The maximum atomic E-state index is 12.5. The highest BCUT2D eigenvalue weighted by molar-refractivity contribution is 5.35. The predicted molar refractivity (Wildman–Crippen MR) is 105 cm³/mol. The van der Waals surface area contributed by atoms with Gasteiger partial charge in [-0.25, -0.2) is 4.79 Å². The molecule has 0 radical (unpaired) electrons. The third-order valence-electron chi connectivity index (χ3n) is 5.01. The summed E-state index contributed by atoms with van der Waals surface area (Å²) in [6.07, 6.45) is 1.47. The van der Waals surface area contributed by atoms with E-state index in [1.807, 2.05) is 6.92 Å². The van der Waals surface area contributed by atoms with E-state index in [0.29, 0.717) is 5.56 Å². The van der Waals surface area contributed by atoms with Gasteiger partial charge in [0.05, 0.1) is 19.3 Å². The number of aromatic nitrogens is 2. The van der Waals surface area contributed by atoms with Gasteiger partial charge in [-0.1, -0.05) is 41.5 Å². The first kappa shape index (κ1) is 21.9. The lowest BCUT2D eigenvalue weighted by atomic mass is 9.71. The molecule has 7 heteroatoms. The summed E-state index contributed by atoms with van der Waals surface area (Å²) in [5.41, 5.74) is 5.99. The minimum atomic E-state index is -0.604. The van der Waals surface area contributed by atoms with Crippen molar-refractivity contribution in [3.05, 3.63) is 22.2 Å². The molecule has 0 saturated carbocycles. The van der Waals surface area contributed by atoms with E-state index in [1.165, 1.54) is 4.57 Å². The van der Waals surface area contributed by atoms with Crippen molar-refractivity contribution in [1.82, 2.24) is 9.55 Å². The number of ether oxygens (including phenoxy) is 2. The van der Waals surface area contributed by atoms with E-state index >= 15 is 0 Å². The van der Waals surface area contributed by atoms with Crippen molar-refractivity contribution >= 4 is 5.82 Å². The molecule has 1 fully saturated rings. The van der Waals surface area contributed by atoms with Gasteiger partial charge in [-0.15, -0.1) is 0 Å². The molecule has 1 aromatic heterocycles. The van der Waals surface area contributed by atoms with Crippen molar-refractivity contribution in [2.45, 2.75) is 73.3 Å². The van der Waals surface area contributed by atoms with Gasteiger partial charge in [-0.3, -0.25) is 4.57 Å². The highest BCUT2D eigenvalue weighted by Gasteiger charge is 2.52. The van der Waals surface area contributed by atoms with Gasteiger partial charge in [0.15, 0.2) is 6.23 Å². The van der Waals surface area contributed by atoms with Crippen LogP contribution in [0.5, 0.6) is 0 Å². The molecule has 2 heterocycles. The first-order chi connectivity index (χ1) is 12.3. The van der Waals surface area contributed by atoms with Crippen molar-refractivity contribution < 1.29 is 14.6 Å². The summed E-state index contributed by atoms with van der Waals surface area (Å²) in [4.78, 5) is 16.5. The third-order valence-corrected chi connectivity index (χ3v) is 5.01. The smallest absolute Gasteiger partial charge is 0.351 e. The number of aryl methyl sites for hydroxylation is 1. The minimum Gasteiger partial charge on any atom is -0.394 e. The summed E-state index contributed by atoms with van der Waals surface area (Å²) in [7, 11) is 0. The zero-order valence-corrected chi connectivity index (χ0v) is 17.7. The first-order valence-corrected chi connectivity index (χ1v) is 9.58. The van der Waals surface area contributed by atoms with E-state index in [0.717, 1.165) is 6.42 Å². The fraction of sp³-hybridized carbons (Fsp3) is 0.800. The molecule has 7 nitrogen and oxygen atoms in total. The molecule has 0 amide bonds. The largest absolute Gasteiger partial charge is 0.394 e. The Kier molecular flexibility index (Phi) is 6.39. The Morgan fingerprint density at radius 3 is 2.44 bits per heavy atom. The molecule has 154 valence electrons. The van der Waals surface area contributed by atoms with Crippen molar-refractivity contribution in [3.8, 4) is 0 Å². The number of aliphatic hydroxyl groups excluding tert-OH is 1. The summed E-state index contributed by atoms with van der Waals surface area (Å²) < 4.78 is 13.9. The maximum Gasteiger partial charge on any atom is 0.351 e. The molecule has 0 bridgehead atoms. The molecule has 0 aliphatic carbocycles. The second-order valence-electron chi connectivity index (χ2n) is 9.78. The predicted octanol–water partition coefficient (Wildman–Crippen LogP) is 2.51. The minimum absolute atomic E-state index is 0.0537. The van der Waals surface area contributed by atoms with Gasteiger partial charge in [0, 0.05) is 17.7 Å². The lowest BCUT2D eigenvalue weighted by Crippen LogP contribution is -2.41. The van der Waals surface area contributed by atoms with Crippen LogP contribution in [0.25, 0.3) is 0 Å². The molecule has 1 saturated heterocycles. The second-order valence-corrected chi connectivity index (χ2v) is 9.78. The number of nitrogens with two attached hydrogens (primary N) is 1. The van der Waals surface area contributed by atoms with Gasteiger partial charge < -0.3 is 20.3 Å². The number of anilines is 1. The molecule has 3 N–H and O–H groups in total. The Morgan fingerprint density at radius 1 is 1.30 bits per heavy atom. The number of nitrogen functional groups attached to an aromatic ring is 1. The highest BCUT2D eigenvalue weighted by Crippen LogP contribution is 2.48. The molecular weight excluding hydrogens is 346 g/mol. The zero-order valence-electron chi connectivity index (χ0n) is 17.7. The standard InChI is InChI=1S/C20H35N3O4/c1-12-11-23(18(25)22-16(12)21)17-15(26-9-8-24)14(20(5,6)7)13(27-17)10-19(2,3)4/h11,13-15,17,24H,8-10H2,1-7H3,(H2,21,22,25)/t13-,14+,15?,17-/m1/s1. The van der Waals surface area contributed by atoms with Gasteiger partial charge in [0.1, 0.15) is 11.9 Å². The fourth-order valence-electron chi connectivity index (χ4n) is 3.92. The van der Waals surface area contributed by atoms with Crippen LogP contribution in [0.15, 0.2) is 11.0 Å². The Balaban J connectivity index is 2.51. The first-order valence-electron chi connectivity index (χ1n) is 9.58. The lowest BCUT2D eigenvalue weighted by molar-refractivity contribution is -0.0777. The Hall–Kier alpha value is -1.44. The average Bonchev–Trinajstić information content (AvgIpc) is 2.84. The highest BCUT2D eigenvalue weighted by atomic mass is 16.6. The van der Waals surface area contributed by atoms with Crippen LogP contribution in [-0.2, 0) is 9.47 Å². The van der Waals surface area contributed by atoms with Crippen LogP contribution in [0.1, 0.15) is 59.8 Å². The summed E-state index contributed by atoms with van der Waals surface area (Å²) in [5.74, 6) is 0.277. The van der Waals surface area contributed by atoms with Gasteiger partial charge in [-0.2, -0.15) is 4.98 Å². The van der Waals surface area contributed by atoms with Crippen LogP contribution in [0.4, 0.5) is 5.82 Å². The maximum absolute atomic E-state index is 12.5. The normalized spacial score (nSPS) is 26.5. The molecule has 1 aliphatic rings. The Labute approximate surface area is 161 Å². The van der Waals surface area contributed by atoms with Gasteiger partial charge in [-0.05, 0) is 24.2 Å². The van der Waals surface area contributed by atoms with Crippen LogP contribution in [0.2, 0.25) is 0 Å². The van der Waals surface area contributed by atoms with Crippen LogP contribution in [-0.4, -0.2) is 40.1 Å². The summed E-state index contributed by atoms with van der Waals surface area (Å²) in [6.45, 7) is 14.9. The third kappa shape index (κ3) is 5.09. The number of hydrogen-bond donors (Lipinski definition) is 2. The molecule has 1 unspecified atom stereocenters. The zero-order chi connectivity index (χ0) is 20.6. The van der Waals surface area contributed by atoms with Gasteiger partial charge >= 0.3 is 5.69 Å². The van der Waals surface area contributed by atoms with E-state index in [1.54, 1.807) is 6.20 Å². The molecule has 1 aliphatic heterocycles. The number of aliphatic hydroxyl groups is 1. The van der Waals surface area contributed by atoms with Gasteiger partial charge in [0.2, 0.25) is 0 Å². The van der Waals surface area contributed by atoms with Crippen LogP contribution >= 0.6 is 0 Å².